The quantitative estimate of drug-likeness (QED) is 0.151. The molecule has 0 bridgehead atoms. The van der Waals surface area contributed by atoms with E-state index in [1.165, 1.54) is 23.1 Å². The van der Waals surface area contributed by atoms with Gasteiger partial charge < -0.3 is 20.2 Å². The fourth-order valence-corrected chi connectivity index (χ4v) is 5.71. The standard InChI is InChI=1S/C39H51F2N5O5/c1-6-9-17-46(43-36(48)21-27-13-11-10-12-14-27)26-35(47)34(20-28-18-32(40)25-33(41)19-28)42-37(49)29-22-30(38(50)44(4)5)24-31(23-29)39(51)45(15-7-2)16-8-3/h10-14,18-19,22-25,34-35,47H,6-9,15-17,20-21,26H2,1-5H3,(H,42,49)(H,43,48). The second-order valence-electron chi connectivity index (χ2n) is 12.9. The van der Waals surface area contributed by atoms with Gasteiger partial charge in [0.25, 0.3) is 17.7 Å². The Labute approximate surface area is 299 Å². The maximum absolute atomic E-state index is 14.2. The van der Waals surface area contributed by atoms with Crippen molar-refractivity contribution in [2.75, 3.05) is 40.3 Å². The van der Waals surface area contributed by atoms with Gasteiger partial charge >= 0.3 is 0 Å². The average Bonchev–Trinajstić information content (AvgIpc) is 3.09. The van der Waals surface area contributed by atoms with Crippen LogP contribution in [0.15, 0.2) is 66.7 Å². The summed E-state index contributed by atoms with van der Waals surface area (Å²) in [7, 11) is 3.12. The summed E-state index contributed by atoms with van der Waals surface area (Å²) < 4.78 is 28.5. The van der Waals surface area contributed by atoms with E-state index in [2.05, 4.69) is 10.7 Å². The van der Waals surface area contributed by atoms with Crippen molar-refractivity contribution in [3.05, 3.63) is 106 Å². The summed E-state index contributed by atoms with van der Waals surface area (Å²) in [6, 6.07) is 15.3. The zero-order valence-corrected chi connectivity index (χ0v) is 30.3. The van der Waals surface area contributed by atoms with Crippen LogP contribution in [0.1, 0.15) is 88.7 Å². The molecule has 0 aromatic heterocycles. The molecule has 0 aliphatic heterocycles. The summed E-state index contributed by atoms with van der Waals surface area (Å²) in [6.45, 7) is 7.16. The van der Waals surface area contributed by atoms with E-state index in [-0.39, 0.29) is 53.5 Å². The van der Waals surface area contributed by atoms with Gasteiger partial charge in [0.05, 0.1) is 18.6 Å². The normalized spacial score (nSPS) is 12.3. The maximum atomic E-state index is 14.2. The van der Waals surface area contributed by atoms with E-state index in [9.17, 15) is 33.1 Å². The lowest BCUT2D eigenvalue weighted by molar-refractivity contribution is -0.126. The van der Waals surface area contributed by atoms with Crippen LogP contribution in [0.2, 0.25) is 0 Å². The van der Waals surface area contributed by atoms with E-state index >= 15 is 0 Å². The number of nitrogens with one attached hydrogen (secondary N) is 2. The molecule has 12 heteroatoms. The summed E-state index contributed by atoms with van der Waals surface area (Å²) >= 11 is 0. The van der Waals surface area contributed by atoms with Crippen LogP contribution in [0.3, 0.4) is 0 Å². The molecule has 4 amide bonds. The highest BCUT2D eigenvalue weighted by Crippen LogP contribution is 2.18. The number of hydrogen-bond donors (Lipinski definition) is 3. The van der Waals surface area contributed by atoms with Crippen molar-refractivity contribution in [2.45, 2.75) is 71.4 Å². The fourth-order valence-electron chi connectivity index (χ4n) is 5.71. The zero-order valence-electron chi connectivity index (χ0n) is 30.3. The number of aliphatic hydroxyl groups excluding tert-OH is 1. The highest BCUT2D eigenvalue weighted by atomic mass is 19.1. The summed E-state index contributed by atoms with van der Waals surface area (Å²) in [6.07, 6.45) is 1.56. The van der Waals surface area contributed by atoms with Gasteiger partial charge in [-0.05, 0) is 67.1 Å². The van der Waals surface area contributed by atoms with Crippen molar-refractivity contribution in [1.29, 1.82) is 0 Å². The number of rotatable bonds is 19. The third-order valence-electron chi connectivity index (χ3n) is 8.21. The number of benzene rings is 3. The Bertz CT molecular complexity index is 1590. The van der Waals surface area contributed by atoms with Crippen LogP contribution >= 0.6 is 0 Å². The summed E-state index contributed by atoms with van der Waals surface area (Å²) in [5.41, 5.74) is 4.13. The van der Waals surface area contributed by atoms with Crippen LogP contribution in [0, 0.1) is 11.6 Å². The van der Waals surface area contributed by atoms with Crippen molar-refractivity contribution >= 4 is 23.6 Å². The molecular weight excluding hydrogens is 656 g/mol. The summed E-state index contributed by atoms with van der Waals surface area (Å²) in [4.78, 5) is 56.6. The van der Waals surface area contributed by atoms with Crippen LogP contribution in [-0.4, -0.2) is 96.0 Å². The van der Waals surface area contributed by atoms with E-state index in [1.807, 2.05) is 51.1 Å². The van der Waals surface area contributed by atoms with Crippen LogP contribution in [-0.2, 0) is 17.6 Å². The van der Waals surface area contributed by atoms with Crippen molar-refractivity contribution in [3.8, 4) is 0 Å². The Hall–Kier alpha value is -4.68. The first kappa shape index (κ1) is 40.7. The molecule has 0 aliphatic carbocycles. The lowest BCUT2D eigenvalue weighted by Gasteiger charge is -2.30. The number of hydrazine groups is 1. The lowest BCUT2D eigenvalue weighted by atomic mass is 9.98. The third-order valence-corrected chi connectivity index (χ3v) is 8.21. The molecular formula is C39H51F2N5O5. The molecule has 276 valence electrons. The molecule has 51 heavy (non-hydrogen) atoms. The van der Waals surface area contributed by atoms with E-state index in [0.717, 1.165) is 43.0 Å². The van der Waals surface area contributed by atoms with E-state index in [1.54, 1.807) is 24.0 Å². The predicted octanol–water partition coefficient (Wildman–Crippen LogP) is 5.01. The number of carbonyl (C=O) groups excluding carboxylic acids is 4. The highest BCUT2D eigenvalue weighted by molar-refractivity contribution is 6.04. The lowest BCUT2D eigenvalue weighted by Crippen LogP contribution is -2.53. The molecule has 0 aliphatic rings. The summed E-state index contributed by atoms with van der Waals surface area (Å²) in [5, 5.41) is 16.0. The van der Waals surface area contributed by atoms with Crippen molar-refractivity contribution in [2.24, 2.45) is 0 Å². The van der Waals surface area contributed by atoms with Crippen LogP contribution in [0.5, 0.6) is 0 Å². The van der Waals surface area contributed by atoms with Gasteiger partial charge in [0.2, 0.25) is 5.91 Å². The van der Waals surface area contributed by atoms with Gasteiger partial charge in [-0.2, -0.15) is 0 Å². The molecule has 3 aromatic rings. The Morgan fingerprint density at radius 2 is 1.33 bits per heavy atom. The Morgan fingerprint density at radius 1 is 0.745 bits per heavy atom. The maximum Gasteiger partial charge on any atom is 0.253 e. The molecule has 3 rings (SSSR count). The molecule has 0 radical (unpaired) electrons. The van der Waals surface area contributed by atoms with E-state index in [0.29, 0.717) is 26.1 Å². The van der Waals surface area contributed by atoms with Gasteiger partial charge in [0.1, 0.15) is 11.6 Å². The SMILES string of the molecule is CCCCN(CC(O)C(Cc1cc(F)cc(F)c1)NC(=O)c1cc(C(=O)N(C)C)cc(C(=O)N(CCC)CCC)c1)NC(=O)Cc1ccccc1. The minimum atomic E-state index is -1.33. The second-order valence-corrected chi connectivity index (χ2v) is 12.9. The molecule has 10 nitrogen and oxygen atoms in total. The number of halogens is 2. The molecule has 2 atom stereocenters. The van der Waals surface area contributed by atoms with E-state index in [4.69, 9.17) is 0 Å². The van der Waals surface area contributed by atoms with Gasteiger partial charge in [-0.25, -0.2) is 13.8 Å². The Morgan fingerprint density at radius 3 is 1.90 bits per heavy atom. The minimum absolute atomic E-state index is 0.000577. The van der Waals surface area contributed by atoms with Gasteiger partial charge in [0, 0.05) is 63.0 Å². The third kappa shape index (κ3) is 12.9. The monoisotopic (exact) mass is 707 g/mol. The predicted molar refractivity (Wildman–Crippen MR) is 193 cm³/mol. The molecule has 0 spiro atoms. The first-order valence-corrected chi connectivity index (χ1v) is 17.5. The van der Waals surface area contributed by atoms with Crippen LogP contribution in [0.25, 0.3) is 0 Å². The topological polar surface area (TPSA) is 122 Å². The Kier molecular flexibility index (Phi) is 16.2. The first-order valence-electron chi connectivity index (χ1n) is 17.5. The second kappa shape index (κ2) is 20.2. The van der Waals surface area contributed by atoms with E-state index < -0.39 is 35.6 Å². The van der Waals surface area contributed by atoms with Crippen LogP contribution < -0.4 is 10.7 Å². The number of aliphatic hydroxyl groups is 1. The van der Waals surface area contributed by atoms with Gasteiger partial charge in [-0.15, -0.1) is 0 Å². The van der Waals surface area contributed by atoms with Gasteiger partial charge in [-0.1, -0.05) is 57.5 Å². The van der Waals surface area contributed by atoms with Gasteiger partial charge in [0.15, 0.2) is 0 Å². The number of carbonyl (C=O) groups is 4. The molecule has 3 N–H and O–H groups in total. The Balaban J connectivity index is 1.96. The fraction of sp³-hybridized carbons (Fsp3) is 0.436. The number of amides is 4. The first-order chi connectivity index (χ1) is 24.3. The van der Waals surface area contributed by atoms with Gasteiger partial charge in [-0.3, -0.25) is 24.6 Å². The number of hydrogen-bond acceptors (Lipinski definition) is 6. The summed E-state index contributed by atoms with van der Waals surface area (Å²) in [5.74, 6) is -3.37. The average molecular weight is 708 g/mol. The van der Waals surface area contributed by atoms with Crippen molar-refractivity contribution in [1.82, 2.24) is 25.6 Å². The van der Waals surface area contributed by atoms with Crippen LogP contribution in [0.4, 0.5) is 8.78 Å². The molecule has 3 aromatic carbocycles. The largest absolute Gasteiger partial charge is 0.390 e. The number of nitrogens with zero attached hydrogens (tertiary/aromatic N) is 3. The smallest absolute Gasteiger partial charge is 0.253 e. The van der Waals surface area contributed by atoms with Crippen molar-refractivity contribution in [3.63, 3.8) is 0 Å². The number of unbranched alkanes of at least 4 members (excludes halogenated alkanes) is 1. The zero-order chi connectivity index (χ0) is 37.5. The molecule has 0 saturated carbocycles. The molecule has 0 saturated heterocycles. The highest BCUT2D eigenvalue weighted by Gasteiger charge is 2.27. The molecule has 0 heterocycles. The minimum Gasteiger partial charge on any atom is -0.390 e. The van der Waals surface area contributed by atoms with Crippen molar-refractivity contribution < 1.29 is 33.1 Å². The molecule has 2 unspecified atom stereocenters. The molecule has 0 fully saturated rings.